The van der Waals surface area contributed by atoms with Gasteiger partial charge < -0.3 is 19.9 Å². The maximum Gasteiger partial charge on any atom is 0.162 e. The van der Waals surface area contributed by atoms with Gasteiger partial charge in [0, 0.05) is 29.7 Å². The number of aliphatic hydroxyl groups excluding tert-OH is 1. The molecule has 0 spiro atoms. The highest BCUT2D eigenvalue weighted by atomic mass is 35.5. The van der Waals surface area contributed by atoms with E-state index in [1.165, 1.54) is 11.1 Å². The predicted molar refractivity (Wildman–Crippen MR) is 139 cm³/mol. The molecular weight excluding hydrogens is 448 g/mol. The molecule has 0 aliphatic heterocycles. The molecule has 34 heavy (non-hydrogen) atoms. The van der Waals surface area contributed by atoms with Gasteiger partial charge in [-0.1, -0.05) is 72.3 Å². The lowest BCUT2D eigenvalue weighted by Gasteiger charge is -2.37. The Kier molecular flexibility index (Phi) is 9.36. The van der Waals surface area contributed by atoms with E-state index < -0.39 is 6.10 Å². The Morgan fingerprint density at radius 1 is 0.941 bits per heavy atom. The van der Waals surface area contributed by atoms with Crippen molar-refractivity contribution in [3.63, 3.8) is 0 Å². The topological polar surface area (TPSA) is 54.0 Å². The molecule has 3 aromatic carbocycles. The van der Waals surface area contributed by atoms with Crippen molar-refractivity contribution in [2.24, 2.45) is 0 Å². The summed E-state index contributed by atoms with van der Waals surface area (Å²) >= 11 is 6.00. The number of nitrogens with one attached hydrogen (secondary N) is 1. The monoisotopic (exact) mass is 482 g/mol. The van der Waals surface area contributed by atoms with Gasteiger partial charge in [-0.05, 0) is 44.2 Å². The van der Waals surface area contributed by atoms with Crippen molar-refractivity contribution in [3.05, 3.63) is 95.0 Å². The van der Waals surface area contributed by atoms with E-state index in [0.29, 0.717) is 23.1 Å². The molecule has 1 atom stereocenters. The highest BCUT2D eigenvalue weighted by molar-refractivity contribution is 6.30. The van der Waals surface area contributed by atoms with Crippen molar-refractivity contribution >= 4 is 11.6 Å². The largest absolute Gasteiger partial charge is 0.493 e. The van der Waals surface area contributed by atoms with Gasteiger partial charge in [-0.2, -0.15) is 0 Å². The van der Waals surface area contributed by atoms with Crippen LogP contribution in [0.15, 0.2) is 78.9 Å². The van der Waals surface area contributed by atoms with Gasteiger partial charge in [0.05, 0.1) is 13.2 Å². The molecule has 0 bridgehead atoms. The second kappa shape index (κ2) is 12.2. The maximum absolute atomic E-state index is 10.5. The normalized spacial score (nSPS) is 12.7. The molecule has 0 radical (unpaired) electrons. The zero-order valence-electron chi connectivity index (χ0n) is 20.4. The van der Waals surface area contributed by atoms with Crippen LogP contribution in [-0.4, -0.2) is 55.5 Å². The first-order valence-corrected chi connectivity index (χ1v) is 11.9. The number of aliphatic hydroxyl groups is 1. The number of rotatable bonds is 12. The zero-order valence-corrected chi connectivity index (χ0v) is 21.1. The van der Waals surface area contributed by atoms with Crippen LogP contribution in [0.4, 0.5) is 0 Å². The lowest BCUT2D eigenvalue weighted by molar-refractivity contribution is 0.0922. The van der Waals surface area contributed by atoms with Crippen LogP contribution in [-0.2, 0) is 0 Å². The lowest BCUT2D eigenvalue weighted by Crippen LogP contribution is -2.51. The van der Waals surface area contributed by atoms with Crippen molar-refractivity contribution in [2.45, 2.75) is 31.5 Å². The number of benzene rings is 3. The quantitative estimate of drug-likeness (QED) is 0.372. The first-order valence-electron chi connectivity index (χ1n) is 11.5. The number of halogens is 1. The molecule has 0 heterocycles. The maximum atomic E-state index is 10.5. The summed E-state index contributed by atoms with van der Waals surface area (Å²) in [7, 11) is 3.70. The average Bonchev–Trinajstić information content (AvgIpc) is 2.83. The summed E-state index contributed by atoms with van der Waals surface area (Å²) in [5.41, 5.74) is 2.25. The molecule has 0 saturated carbocycles. The van der Waals surface area contributed by atoms with E-state index in [2.05, 4.69) is 79.6 Å². The Morgan fingerprint density at radius 3 is 2.09 bits per heavy atom. The van der Waals surface area contributed by atoms with Crippen molar-refractivity contribution in [3.8, 4) is 11.5 Å². The van der Waals surface area contributed by atoms with Gasteiger partial charge in [0.15, 0.2) is 11.5 Å². The van der Waals surface area contributed by atoms with Gasteiger partial charge in [0.2, 0.25) is 0 Å². The number of likely N-dealkylation sites (N-methyl/N-ethyl adjacent to an activating group) is 1. The van der Waals surface area contributed by atoms with Gasteiger partial charge in [0.1, 0.15) is 12.7 Å². The van der Waals surface area contributed by atoms with Crippen molar-refractivity contribution in [1.29, 1.82) is 0 Å². The molecule has 3 aromatic rings. The Morgan fingerprint density at radius 2 is 1.53 bits per heavy atom. The third kappa shape index (κ3) is 7.47. The zero-order chi connectivity index (χ0) is 24.6. The molecule has 0 aromatic heterocycles. The second-order valence-electron chi connectivity index (χ2n) is 9.16. The third-order valence-electron chi connectivity index (χ3n) is 5.69. The number of methoxy groups -OCH3 is 1. The summed E-state index contributed by atoms with van der Waals surface area (Å²) in [6, 6.07) is 26.4. The summed E-state index contributed by atoms with van der Waals surface area (Å²) in [6.07, 6.45) is -0.677. The number of hydrogen-bond acceptors (Lipinski definition) is 5. The molecule has 3 rings (SSSR count). The highest BCUT2D eigenvalue weighted by Gasteiger charge is 2.26. The fraction of sp³-hybridized carbons (Fsp3) is 0.357. The van der Waals surface area contributed by atoms with Crippen LogP contribution in [0.2, 0.25) is 5.02 Å². The van der Waals surface area contributed by atoms with Gasteiger partial charge >= 0.3 is 0 Å². The number of ether oxygens (including phenoxy) is 2. The number of β-amino-alcohol motifs (C(OH)–C–C–N with tert-alkyl or cyclic N) is 1. The fourth-order valence-corrected chi connectivity index (χ4v) is 4.30. The van der Waals surface area contributed by atoms with Gasteiger partial charge in [-0.15, -0.1) is 0 Å². The summed E-state index contributed by atoms with van der Waals surface area (Å²) in [6.45, 7) is 5.62. The fourth-order valence-electron chi connectivity index (χ4n) is 4.14. The molecule has 0 saturated heterocycles. The standard InChI is InChI=1S/C28H35ClN2O3/c1-28(2,30-18-24(32)19-34-25-16-15-23(29)17-26(25)33-4)20-31(3)27(21-11-7-5-8-12-21)22-13-9-6-10-14-22/h5-17,24,27,30,32H,18-20H2,1-4H3. The van der Waals surface area contributed by atoms with Crippen LogP contribution >= 0.6 is 11.6 Å². The Hall–Kier alpha value is -2.57. The van der Waals surface area contributed by atoms with Gasteiger partial charge in [0.25, 0.3) is 0 Å². The second-order valence-corrected chi connectivity index (χ2v) is 9.60. The van der Waals surface area contributed by atoms with E-state index in [1.54, 1.807) is 25.3 Å². The van der Waals surface area contributed by atoms with Crippen molar-refractivity contribution in [1.82, 2.24) is 10.2 Å². The van der Waals surface area contributed by atoms with Crippen LogP contribution in [0.25, 0.3) is 0 Å². The Labute approximate surface area is 208 Å². The molecule has 0 aliphatic rings. The summed E-state index contributed by atoms with van der Waals surface area (Å²) in [5, 5.41) is 14.6. The lowest BCUT2D eigenvalue weighted by atomic mass is 9.95. The smallest absolute Gasteiger partial charge is 0.162 e. The minimum Gasteiger partial charge on any atom is -0.493 e. The highest BCUT2D eigenvalue weighted by Crippen LogP contribution is 2.30. The molecule has 182 valence electrons. The Balaban J connectivity index is 1.59. The van der Waals surface area contributed by atoms with Crippen LogP contribution in [0.5, 0.6) is 11.5 Å². The molecule has 0 fully saturated rings. The Bertz CT molecular complexity index is 975. The number of hydrogen-bond donors (Lipinski definition) is 2. The van der Waals surface area contributed by atoms with Gasteiger partial charge in [-0.25, -0.2) is 0 Å². The number of nitrogens with zero attached hydrogens (tertiary/aromatic N) is 1. The predicted octanol–water partition coefficient (Wildman–Crippen LogP) is 5.18. The van der Waals surface area contributed by atoms with Crippen LogP contribution in [0.3, 0.4) is 0 Å². The van der Waals surface area contributed by atoms with E-state index in [1.807, 2.05) is 12.1 Å². The SMILES string of the molecule is COc1cc(Cl)ccc1OCC(O)CNC(C)(C)CN(C)C(c1ccccc1)c1ccccc1. The van der Waals surface area contributed by atoms with Crippen LogP contribution in [0, 0.1) is 0 Å². The first kappa shape index (κ1) is 26.0. The molecule has 6 heteroatoms. The minimum atomic E-state index is -0.677. The first-order chi connectivity index (χ1) is 16.3. The molecule has 5 nitrogen and oxygen atoms in total. The average molecular weight is 483 g/mol. The van der Waals surface area contributed by atoms with Crippen molar-refractivity contribution < 1.29 is 14.6 Å². The van der Waals surface area contributed by atoms with Crippen LogP contribution < -0.4 is 14.8 Å². The van der Waals surface area contributed by atoms with E-state index in [-0.39, 0.29) is 18.2 Å². The third-order valence-corrected chi connectivity index (χ3v) is 5.92. The van der Waals surface area contributed by atoms with Crippen molar-refractivity contribution in [2.75, 3.05) is 33.9 Å². The van der Waals surface area contributed by atoms with E-state index in [9.17, 15) is 5.11 Å². The molecule has 0 aliphatic carbocycles. The summed E-state index contributed by atoms with van der Waals surface area (Å²) < 4.78 is 11.1. The summed E-state index contributed by atoms with van der Waals surface area (Å²) in [5.74, 6) is 1.10. The summed E-state index contributed by atoms with van der Waals surface area (Å²) in [4.78, 5) is 2.35. The molecule has 1 unspecified atom stereocenters. The molecule has 2 N–H and O–H groups in total. The van der Waals surface area contributed by atoms with Gasteiger partial charge in [-0.3, -0.25) is 4.90 Å². The van der Waals surface area contributed by atoms with Crippen LogP contribution in [0.1, 0.15) is 31.0 Å². The van der Waals surface area contributed by atoms with E-state index in [0.717, 1.165) is 6.54 Å². The molecule has 0 amide bonds. The van der Waals surface area contributed by atoms with E-state index in [4.69, 9.17) is 21.1 Å². The van der Waals surface area contributed by atoms with E-state index >= 15 is 0 Å². The molecular formula is C28H35ClN2O3. The minimum absolute atomic E-state index is 0.133.